The van der Waals surface area contributed by atoms with Crippen molar-refractivity contribution in [1.82, 2.24) is 0 Å². The molecule has 1 atom stereocenters. The Morgan fingerprint density at radius 1 is 1.23 bits per heavy atom. The maximum absolute atomic E-state index is 12.1. The number of alkyl halides is 4. The highest BCUT2D eigenvalue weighted by atomic mass is 35.5. The molecule has 0 spiro atoms. The molecule has 4 nitrogen and oxygen atoms in total. The highest BCUT2D eigenvalue weighted by molar-refractivity contribution is 8.68. The van der Waals surface area contributed by atoms with Crippen LogP contribution in [0.4, 0.5) is 13.2 Å². The molecule has 13 heavy (non-hydrogen) atoms. The van der Waals surface area contributed by atoms with Gasteiger partial charge in [-0.2, -0.15) is 8.78 Å². The van der Waals surface area contributed by atoms with E-state index >= 15 is 0 Å². The summed E-state index contributed by atoms with van der Waals surface area (Å²) in [4.78, 5) is 0. The third-order valence-electron chi connectivity index (χ3n) is 0.987. The Bertz CT molecular complexity index is 377. The molecule has 0 N–H and O–H groups in total. The smallest absolute Gasteiger partial charge is 0.229 e. The van der Waals surface area contributed by atoms with E-state index in [-0.39, 0.29) is 0 Å². The number of hydrogen-bond donors (Lipinski definition) is 0. The summed E-state index contributed by atoms with van der Waals surface area (Å²) in [7, 11) is -11.7. The summed E-state index contributed by atoms with van der Waals surface area (Å²) in [5, 5.41) is 0. The Kier molecular flexibility index (Phi) is 3.28. The van der Waals surface area contributed by atoms with Crippen molar-refractivity contribution in [2.24, 2.45) is 0 Å². The van der Waals surface area contributed by atoms with E-state index in [2.05, 4.69) is 11.6 Å². The van der Waals surface area contributed by atoms with Crippen LogP contribution >= 0.6 is 11.6 Å². The molecular formula is C3H4ClF3O4S2. The molecule has 0 aliphatic heterocycles. The summed E-state index contributed by atoms with van der Waals surface area (Å²) in [5.41, 5.74) is -2.96. The molecule has 80 valence electrons. The normalized spacial score (nSPS) is 17.0. The molecular weight excluding hydrogens is 257 g/mol. The van der Waals surface area contributed by atoms with Gasteiger partial charge in [0, 0.05) is 0 Å². The quantitative estimate of drug-likeness (QED) is 0.557. The fourth-order valence-electron chi connectivity index (χ4n) is 0.306. The minimum absolute atomic E-state index is 0.301. The Balaban J connectivity index is 5.62. The highest BCUT2D eigenvalue weighted by Gasteiger charge is 2.54. The van der Waals surface area contributed by atoms with E-state index < -0.39 is 28.0 Å². The van der Waals surface area contributed by atoms with Gasteiger partial charge < -0.3 is 0 Å². The van der Waals surface area contributed by atoms with Crippen molar-refractivity contribution in [2.45, 2.75) is 17.1 Å². The summed E-state index contributed by atoms with van der Waals surface area (Å²) >= 11 is 3.99. The summed E-state index contributed by atoms with van der Waals surface area (Å²) in [6, 6.07) is 0. The van der Waals surface area contributed by atoms with Gasteiger partial charge in [-0.1, -0.05) is 0 Å². The molecule has 10 heteroatoms. The second-order valence-electron chi connectivity index (χ2n) is 1.94. The SMILES string of the molecule is CC(F)S(=O)(=O)S(=O)(=O)C(F)(F)Cl. The topological polar surface area (TPSA) is 68.3 Å². The number of rotatable bonds is 3. The first-order valence-electron chi connectivity index (χ1n) is 2.64. The fraction of sp³-hybridized carbons (Fsp3) is 1.00. The van der Waals surface area contributed by atoms with Gasteiger partial charge in [-0.05, 0) is 18.5 Å². The summed E-state index contributed by atoms with van der Waals surface area (Å²) < 4.78 is 72.9. The number of halogens is 4. The Labute approximate surface area is 76.9 Å². The summed E-state index contributed by atoms with van der Waals surface area (Å²) in [6.45, 7) is 0.301. The van der Waals surface area contributed by atoms with E-state index in [9.17, 15) is 30.0 Å². The molecule has 0 amide bonds. The van der Waals surface area contributed by atoms with Crippen LogP contribution in [0.25, 0.3) is 0 Å². The van der Waals surface area contributed by atoms with Crippen LogP contribution in [0.1, 0.15) is 6.92 Å². The van der Waals surface area contributed by atoms with Crippen LogP contribution in [0, 0.1) is 0 Å². The van der Waals surface area contributed by atoms with E-state index in [0.717, 1.165) is 0 Å². The Hall–Kier alpha value is -0.0200. The molecule has 0 aromatic heterocycles. The van der Waals surface area contributed by atoms with Crippen LogP contribution < -0.4 is 0 Å². The van der Waals surface area contributed by atoms with E-state index in [1.807, 2.05) is 0 Å². The maximum atomic E-state index is 12.1. The van der Waals surface area contributed by atoms with Gasteiger partial charge in [0.1, 0.15) is 0 Å². The zero-order chi connectivity index (χ0) is 11.1. The molecule has 0 aliphatic carbocycles. The van der Waals surface area contributed by atoms with Crippen LogP contribution in [-0.4, -0.2) is 27.1 Å². The Morgan fingerprint density at radius 2 is 1.54 bits per heavy atom. The van der Waals surface area contributed by atoms with Gasteiger partial charge in [0.05, 0.1) is 0 Å². The molecule has 0 heterocycles. The molecule has 0 aromatic carbocycles. The first-order valence-corrected chi connectivity index (χ1v) is 6.56. The summed E-state index contributed by atoms with van der Waals surface area (Å²) in [6.07, 6.45) is 0. The van der Waals surface area contributed by atoms with Crippen molar-refractivity contribution >= 4 is 29.3 Å². The Morgan fingerprint density at radius 3 is 1.62 bits per heavy atom. The molecule has 1 unspecified atom stereocenters. The number of hydrogen-bond acceptors (Lipinski definition) is 4. The molecule has 0 aliphatic rings. The maximum Gasteiger partial charge on any atom is 0.437 e. The van der Waals surface area contributed by atoms with Crippen molar-refractivity contribution in [3.8, 4) is 0 Å². The lowest BCUT2D eigenvalue weighted by atomic mass is 10.9. The third-order valence-corrected chi connectivity index (χ3v) is 7.10. The van der Waals surface area contributed by atoms with Crippen molar-refractivity contribution in [1.29, 1.82) is 0 Å². The van der Waals surface area contributed by atoms with Crippen molar-refractivity contribution < 1.29 is 30.0 Å². The van der Waals surface area contributed by atoms with Gasteiger partial charge in [-0.15, -0.1) is 0 Å². The minimum atomic E-state index is -6.05. The average molecular weight is 261 g/mol. The van der Waals surface area contributed by atoms with Gasteiger partial charge in [0.15, 0.2) is 0 Å². The standard InChI is InChI=1S/C3H4ClF3O4S2/c1-2(5)12(8,9)13(10,11)3(4,6)7/h2H,1H3. The van der Waals surface area contributed by atoms with Crippen LogP contribution in [0.3, 0.4) is 0 Å². The fourth-order valence-corrected chi connectivity index (χ4v) is 3.55. The molecule has 0 aromatic rings. The average Bonchev–Trinajstić information content (AvgIpc) is 1.84. The molecule has 0 bridgehead atoms. The molecule has 0 fully saturated rings. The summed E-state index contributed by atoms with van der Waals surface area (Å²) in [5.74, 6) is 0. The zero-order valence-electron chi connectivity index (χ0n) is 6.04. The molecule has 0 saturated heterocycles. The van der Waals surface area contributed by atoms with Crippen LogP contribution in [0.15, 0.2) is 0 Å². The zero-order valence-corrected chi connectivity index (χ0v) is 8.43. The van der Waals surface area contributed by atoms with Gasteiger partial charge in [-0.3, -0.25) is 0 Å². The van der Waals surface area contributed by atoms with Crippen LogP contribution in [0.5, 0.6) is 0 Å². The van der Waals surface area contributed by atoms with Gasteiger partial charge >= 0.3 is 13.6 Å². The van der Waals surface area contributed by atoms with E-state index in [0.29, 0.717) is 6.92 Å². The van der Waals surface area contributed by atoms with E-state index in [1.165, 1.54) is 0 Å². The predicted octanol–water partition coefficient (Wildman–Crippen LogP) is 0.836. The third kappa shape index (κ3) is 2.08. The lowest BCUT2D eigenvalue weighted by Gasteiger charge is -2.10. The first-order chi connectivity index (χ1) is 5.44. The first kappa shape index (κ1) is 13.0. The second kappa shape index (κ2) is 3.28. The lowest BCUT2D eigenvalue weighted by molar-refractivity contribution is 0.190. The predicted molar refractivity (Wildman–Crippen MR) is 39.2 cm³/mol. The van der Waals surface area contributed by atoms with Crippen molar-refractivity contribution in [3.63, 3.8) is 0 Å². The minimum Gasteiger partial charge on any atom is -0.229 e. The molecule has 0 rings (SSSR count). The molecule has 0 saturated carbocycles. The molecule has 0 radical (unpaired) electrons. The van der Waals surface area contributed by atoms with Crippen LogP contribution in [0.2, 0.25) is 0 Å². The van der Waals surface area contributed by atoms with Gasteiger partial charge in [0.2, 0.25) is 5.50 Å². The second-order valence-corrected chi connectivity index (χ2v) is 8.40. The monoisotopic (exact) mass is 260 g/mol. The highest BCUT2D eigenvalue weighted by Crippen LogP contribution is 2.32. The largest absolute Gasteiger partial charge is 0.437 e. The van der Waals surface area contributed by atoms with E-state index in [4.69, 9.17) is 0 Å². The van der Waals surface area contributed by atoms with Crippen molar-refractivity contribution in [2.75, 3.05) is 0 Å². The van der Waals surface area contributed by atoms with E-state index in [1.54, 1.807) is 0 Å². The van der Waals surface area contributed by atoms with Crippen LogP contribution in [-0.2, 0) is 17.7 Å². The lowest BCUT2D eigenvalue weighted by Crippen LogP contribution is -2.34. The van der Waals surface area contributed by atoms with Gasteiger partial charge in [0.25, 0.3) is 8.87 Å². The van der Waals surface area contributed by atoms with Crippen molar-refractivity contribution in [3.05, 3.63) is 0 Å². The van der Waals surface area contributed by atoms with Gasteiger partial charge in [-0.25, -0.2) is 21.2 Å².